The van der Waals surface area contributed by atoms with Crippen molar-refractivity contribution in [3.63, 3.8) is 0 Å². The molecule has 3 nitrogen and oxygen atoms in total. The van der Waals surface area contributed by atoms with E-state index in [1.807, 2.05) is 12.1 Å². The second-order valence-corrected chi connectivity index (χ2v) is 7.06. The Balaban J connectivity index is 1.36. The van der Waals surface area contributed by atoms with Crippen LogP contribution in [0.15, 0.2) is 42.5 Å². The third-order valence-electron chi connectivity index (χ3n) is 5.54. The lowest BCUT2D eigenvalue weighted by molar-refractivity contribution is 0.337. The summed E-state index contributed by atoms with van der Waals surface area (Å²) in [6, 6.07) is 13.9. The summed E-state index contributed by atoms with van der Waals surface area (Å²) in [7, 11) is 1.73. The molecular weight excluding hydrogens is 315 g/mol. The highest BCUT2D eigenvalue weighted by Gasteiger charge is 2.31. The van der Waals surface area contributed by atoms with Crippen LogP contribution in [0.5, 0.6) is 5.75 Å². The zero-order valence-corrected chi connectivity index (χ0v) is 14.7. The van der Waals surface area contributed by atoms with Crippen LogP contribution in [0.3, 0.4) is 0 Å². The lowest BCUT2D eigenvalue weighted by Gasteiger charge is -2.27. The number of rotatable bonds is 5. The van der Waals surface area contributed by atoms with E-state index in [-0.39, 0.29) is 5.82 Å². The van der Waals surface area contributed by atoms with Gasteiger partial charge in [-0.1, -0.05) is 18.2 Å². The van der Waals surface area contributed by atoms with Gasteiger partial charge < -0.3 is 14.5 Å². The maximum absolute atomic E-state index is 13.0. The van der Waals surface area contributed by atoms with Crippen molar-refractivity contribution in [1.82, 2.24) is 4.90 Å². The van der Waals surface area contributed by atoms with Gasteiger partial charge in [0.05, 0.1) is 7.11 Å². The van der Waals surface area contributed by atoms with E-state index in [1.165, 1.54) is 23.2 Å². The molecule has 0 radical (unpaired) electrons. The minimum absolute atomic E-state index is 0.159. The van der Waals surface area contributed by atoms with Gasteiger partial charge in [-0.3, -0.25) is 0 Å². The lowest BCUT2D eigenvalue weighted by Crippen LogP contribution is -2.36. The van der Waals surface area contributed by atoms with E-state index in [4.69, 9.17) is 4.74 Å². The number of likely N-dealkylation sites (tertiary alicyclic amines) is 1. The standard InChI is InChI=1S/C21H25FN2O/c1-25-20-7-4-17-9-13-24(21(17)14-20)19-10-12-23(15-19)11-8-16-2-5-18(22)6-3-16/h2-7,14,19H,8-13,15H2,1H3. The zero-order valence-electron chi connectivity index (χ0n) is 14.7. The normalized spacial score (nSPS) is 20.1. The highest BCUT2D eigenvalue weighted by Crippen LogP contribution is 2.35. The first-order chi connectivity index (χ1) is 12.2. The number of nitrogens with zero attached hydrogens (tertiary/aromatic N) is 2. The number of halogens is 1. The second-order valence-electron chi connectivity index (χ2n) is 7.06. The van der Waals surface area contributed by atoms with E-state index >= 15 is 0 Å². The molecule has 4 rings (SSSR count). The van der Waals surface area contributed by atoms with Crippen molar-refractivity contribution in [3.05, 3.63) is 59.4 Å². The van der Waals surface area contributed by atoms with E-state index in [2.05, 4.69) is 28.0 Å². The van der Waals surface area contributed by atoms with Gasteiger partial charge in [-0.2, -0.15) is 0 Å². The molecule has 0 aromatic heterocycles. The number of methoxy groups -OCH3 is 1. The Kier molecular flexibility index (Phi) is 4.62. The quantitative estimate of drug-likeness (QED) is 0.828. The van der Waals surface area contributed by atoms with Crippen molar-refractivity contribution < 1.29 is 9.13 Å². The Morgan fingerprint density at radius 3 is 2.76 bits per heavy atom. The summed E-state index contributed by atoms with van der Waals surface area (Å²) in [5.74, 6) is 0.782. The molecule has 132 valence electrons. The second kappa shape index (κ2) is 7.04. The minimum Gasteiger partial charge on any atom is -0.497 e. The summed E-state index contributed by atoms with van der Waals surface area (Å²) in [5.41, 5.74) is 4.00. The molecule has 25 heavy (non-hydrogen) atoms. The molecule has 1 fully saturated rings. The van der Waals surface area contributed by atoms with E-state index in [9.17, 15) is 4.39 Å². The minimum atomic E-state index is -0.159. The highest BCUT2D eigenvalue weighted by atomic mass is 19.1. The molecule has 0 aliphatic carbocycles. The van der Waals surface area contributed by atoms with Crippen LogP contribution < -0.4 is 9.64 Å². The lowest BCUT2D eigenvalue weighted by atomic mass is 10.1. The maximum atomic E-state index is 13.0. The molecule has 2 heterocycles. The average Bonchev–Trinajstić information content (AvgIpc) is 3.27. The number of fused-ring (bicyclic) bond motifs is 1. The van der Waals surface area contributed by atoms with Gasteiger partial charge in [-0.25, -0.2) is 4.39 Å². The summed E-state index contributed by atoms with van der Waals surface area (Å²) in [5, 5.41) is 0. The van der Waals surface area contributed by atoms with Crippen LogP contribution in [0.2, 0.25) is 0 Å². The van der Waals surface area contributed by atoms with Gasteiger partial charge in [-0.15, -0.1) is 0 Å². The van der Waals surface area contributed by atoms with Crippen molar-refractivity contribution >= 4 is 5.69 Å². The molecule has 1 saturated heterocycles. The zero-order chi connectivity index (χ0) is 17.2. The Hall–Kier alpha value is -2.07. The predicted octanol–water partition coefficient (Wildman–Crippen LogP) is 3.51. The first kappa shape index (κ1) is 16.4. The number of hydrogen-bond acceptors (Lipinski definition) is 3. The molecule has 0 saturated carbocycles. The molecule has 0 N–H and O–H groups in total. The molecule has 1 atom stereocenters. The van der Waals surface area contributed by atoms with Gasteiger partial charge in [0.25, 0.3) is 0 Å². The topological polar surface area (TPSA) is 15.7 Å². The first-order valence-electron chi connectivity index (χ1n) is 9.13. The summed E-state index contributed by atoms with van der Waals surface area (Å²) >= 11 is 0. The average molecular weight is 340 g/mol. The van der Waals surface area contributed by atoms with Crippen LogP contribution in [0, 0.1) is 5.82 Å². The van der Waals surface area contributed by atoms with Gasteiger partial charge in [0.2, 0.25) is 0 Å². The fourth-order valence-electron chi connectivity index (χ4n) is 4.10. The SMILES string of the molecule is COc1ccc2c(c1)N(C1CCN(CCc3ccc(F)cc3)C1)CC2. The Morgan fingerprint density at radius 1 is 1.12 bits per heavy atom. The third-order valence-corrected chi connectivity index (χ3v) is 5.54. The van der Waals surface area contributed by atoms with Gasteiger partial charge in [0.15, 0.2) is 0 Å². The molecule has 2 aliphatic rings. The van der Waals surface area contributed by atoms with Crippen LogP contribution in [0.1, 0.15) is 17.5 Å². The van der Waals surface area contributed by atoms with Crippen LogP contribution >= 0.6 is 0 Å². The fourth-order valence-corrected chi connectivity index (χ4v) is 4.10. The van der Waals surface area contributed by atoms with E-state index < -0.39 is 0 Å². The van der Waals surface area contributed by atoms with Gasteiger partial charge in [-0.05, 0) is 48.6 Å². The van der Waals surface area contributed by atoms with Crippen molar-refractivity contribution in [2.45, 2.75) is 25.3 Å². The summed E-state index contributed by atoms with van der Waals surface area (Å²) in [4.78, 5) is 5.10. The van der Waals surface area contributed by atoms with Crippen molar-refractivity contribution in [2.24, 2.45) is 0 Å². The van der Waals surface area contributed by atoms with Crippen molar-refractivity contribution in [1.29, 1.82) is 0 Å². The maximum Gasteiger partial charge on any atom is 0.123 e. The summed E-state index contributed by atoms with van der Waals surface area (Å²) < 4.78 is 18.4. The van der Waals surface area contributed by atoms with Crippen LogP contribution in [0.4, 0.5) is 10.1 Å². The molecule has 4 heteroatoms. The number of hydrogen-bond donors (Lipinski definition) is 0. The third kappa shape index (κ3) is 3.49. The smallest absolute Gasteiger partial charge is 0.123 e. The Bertz CT molecular complexity index is 731. The molecule has 2 aromatic rings. The summed E-state index contributed by atoms with van der Waals surface area (Å²) in [6.07, 6.45) is 3.32. The van der Waals surface area contributed by atoms with Gasteiger partial charge >= 0.3 is 0 Å². The van der Waals surface area contributed by atoms with Gasteiger partial charge in [0, 0.05) is 44.0 Å². The van der Waals surface area contributed by atoms with Crippen LogP contribution in [-0.4, -0.2) is 44.2 Å². The predicted molar refractivity (Wildman–Crippen MR) is 99.0 cm³/mol. The molecule has 0 amide bonds. The first-order valence-corrected chi connectivity index (χ1v) is 9.13. The monoisotopic (exact) mass is 340 g/mol. The molecule has 1 unspecified atom stereocenters. The largest absolute Gasteiger partial charge is 0.497 e. The van der Waals surface area contributed by atoms with Crippen LogP contribution in [-0.2, 0) is 12.8 Å². The molecule has 2 aliphatic heterocycles. The molecule has 0 bridgehead atoms. The molecule has 0 spiro atoms. The van der Waals surface area contributed by atoms with Crippen molar-refractivity contribution in [2.75, 3.05) is 38.2 Å². The molecule has 2 aromatic carbocycles. The molecular formula is C21H25FN2O. The fraction of sp³-hybridized carbons (Fsp3) is 0.429. The van der Waals surface area contributed by atoms with E-state index in [1.54, 1.807) is 19.2 Å². The van der Waals surface area contributed by atoms with E-state index in [0.29, 0.717) is 6.04 Å². The van der Waals surface area contributed by atoms with Gasteiger partial charge in [0.1, 0.15) is 11.6 Å². The van der Waals surface area contributed by atoms with Crippen molar-refractivity contribution in [3.8, 4) is 5.75 Å². The Morgan fingerprint density at radius 2 is 1.96 bits per heavy atom. The summed E-state index contributed by atoms with van der Waals surface area (Å²) in [6.45, 7) is 4.40. The number of anilines is 1. The number of ether oxygens (including phenoxy) is 1. The van der Waals surface area contributed by atoms with Crippen LogP contribution in [0.25, 0.3) is 0 Å². The highest BCUT2D eigenvalue weighted by molar-refractivity contribution is 5.61. The number of benzene rings is 2. The van der Waals surface area contributed by atoms with E-state index in [0.717, 1.165) is 44.8 Å². The Labute approximate surface area is 149 Å².